The van der Waals surface area contributed by atoms with Crippen molar-refractivity contribution < 1.29 is 9.53 Å². The monoisotopic (exact) mass is 270 g/mol. The Morgan fingerprint density at radius 2 is 2.16 bits per heavy atom. The van der Waals surface area contributed by atoms with Gasteiger partial charge in [-0.15, -0.1) is 0 Å². The molecule has 3 N–H and O–H groups in total. The van der Waals surface area contributed by atoms with E-state index in [1.807, 2.05) is 7.05 Å². The Hall–Kier alpha value is -0.610. The van der Waals surface area contributed by atoms with Crippen LogP contribution in [-0.2, 0) is 9.53 Å². The molecular formula is C15H30N2O2. The lowest BCUT2D eigenvalue weighted by atomic mass is 9.84. The number of primary amides is 1. The van der Waals surface area contributed by atoms with E-state index in [2.05, 4.69) is 12.2 Å². The van der Waals surface area contributed by atoms with Crippen molar-refractivity contribution in [2.45, 2.75) is 63.8 Å². The van der Waals surface area contributed by atoms with E-state index >= 15 is 0 Å². The van der Waals surface area contributed by atoms with Gasteiger partial charge in [-0.1, -0.05) is 32.6 Å². The van der Waals surface area contributed by atoms with Gasteiger partial charge in [-0.2, -0.15) is 0 Å². The minimum atomic E-state index is -0.494. The summed E-state index contributed by atoms with van der Waals surface area (Å²) in [7, 11) is 1.84. The van der Waals surface area contributed by atoms with E-state index in [1.165, 1.54) is 19.3 Å². The fourth-order valence-corrected chi connectivity index (χ4v) is 3.20. The maximum Gasteiger partial charge on any atom is 0.238 e. The molecule has 19 heavy (non-hydrogen) atoms. The first-order valence-electron chi connectivity index (χ1n) is 7.74. The minimum Gasteiger partial charge on any atom is -0.381 e. The first-order chi connectivity index (χ1) is 9.17. The molecule has 2 unspecified atom stereocenters. The number of amides is 1. The third kappa shape index (κ3) is 4.46. The van der Waals surface area contributed by atoms with Crippen LogP contribution in [0.5, 0.6) is 0 Å². The highest BCUT2D eigenvalue weighted by molar-refractivity contribution is 5.85. The zero-order chi connectivity index (χ0) is 14.1. The molecule has 1 rings (SSSR count). The summed E-state index contributed by atoms with van der Waals surface area (Å²) in [4.78, 5) is 11.7. The van der Waals surface area contributed by atoms with Crippen LogP contribution in [0.25, 0.3) is 0 Å². The average molecular weight is 270 g/mol. The summed E-state index contributed by atoms with van der Waals surface area (Å²) < 4.78 is 5.68. The van der Waals surface area contributed by atoms with Gasteiger partial charge >= 0.3 is 0 Å². The molecule has 0 aromatic rings. The molecule has 0 aromatic carbocycles. The number of carbonyl (C=O) groups excluding carboxylic acids is 1. The zero-order valence-corrected chi connectivity index (χ0v) is 12.5. The van der Waals surface area contributed by atoms with E-state index in [0.29, 0.717) is 5.92 Å². The summed E-state index contributed by atoms with van der Waals surface area (Å²) in [5.41, 5.74) is 5.08. The van der Waals surface area contributed by atoms with Gasteiger partial charge in [0.25, 0.3) is 0 Å². The molecule has 4 heteroatoms. The molecular weight excluding hydrogens is 240 g/mol. The number of nitrogens with two attached hydrogens (primary N) is 1. The van der Waals surface area contributed by atoms with Crippen molar-refractivity contribution in [1.82, 2.24) is 5.32 Å². The highest BCUT2D eigenvalue weighted by atomic mass is 16.5. The molecule has 1 amide bonds. The Labute approximate surface area is 117 Å². The highest BCUT2D eigenvalue weighted by Crippen LogP contribution is 2.37. The molecule has 0 radical (unpaired) electrons. The fourth-order valence-electron chi connectivity index (χ4n) is 3.20. The highest BCUT2D eigenvalue weighted by Gasteiger charge is 2.46. The maximum absolute atomic E-state index is 11.7. The molecule has 1 saturated carbocycles. The van der Waals surface area contributed by atoms with E-state index < -0.39 is 5.54 Å². The van der Waals surface area contributed by atoms with Gasteiger partial charge in [0.1, 0.15) is 5.54 Å². The smallest absolute Gasteiger partial charge is 0.238 e. The summed E-state index contributed by atoms with van der Waals surface area (Å²) in [6.45, 7) is 3.80. The zero-order valence-electron chi connectivity index (χ0n) is 12.5. The van der Waals surface area contributed by atoms with Gasteiger partial charge in [0.05, 0.1) is 0 Å². The Morgan fingerprint density at radius 3 is 2.79 bits per heavy atom. The van der Waals surface area contributed by atoms with Crippen LogP contribution < -0.4 is 11.1 Å². The van der Waals surface area contributed by atoms with Crippen molar-refractivity contribution in [2.75, 3.05) is 20.3 Å². The van der Waals surface area contributed by atoms with Crippen LogP contribution in [0.4, 0.5) is 0 Å². The van der Waals surface area contributed by atoms with Crippen LogP contribution in [-0.4, -0.2) is 31.7 Å². The Kier molecular flexibility index (Phi) is 7.39. The van der Waals surface area contributed by atoms with E-state index in [1.54, 1.807) is 0 Å². The summed E-state index contributed by atoms with van der Waals surface area (Å²) in [6, 6.07) is 0. The van der Waals surface area contributed by atoms with Crippen LogP contribution >= 0.6 is 0 Å². The lowest BCUT2D eigenvalue weighted by molar-refractivity contribution is -0.125. The quantitative estimate of drug-likeness (QED) is 0.598. The number of rotatable bonds is 10. The molecule has 0 bridgehead atoms. The number of hydrogen-bond acceptors (Lipinski definition) is 3. The topological polar surface area (TPSA) is 64.3 Å². The number of unbranched alkanes of at least 4 members (excludes halogenated alkanes) is 3. The molecule has 4 nitrogen and oxygen atoms in total. The van der Waals surface area contributed by atoms with Crippen LogP contribution in [0.3, 0.4) is 0 Å². The molecule has 112 valence electrons. The van der Waals surface area contributed by atoms with Gasteiger partial charge in [0.2, 0.25) is 5.91 Å². The molecule has 0 saturated heterocycles. The lowest BCUT2D eigenvalue weighted by Gasteiger charge is -2.32. The molecule has 0 spiro atoms. The fraction of sp³-hybridized carbons (Fsp3) is 0.933. The third-order valence-electron chi connectivity index (χ3n) is 4.46. The number of nitrogens with one attached hydrogen (secondary N) is 1. The van der Waals surface area contributed by atoms with Crippen LogP contribution in [0.15, 0.2) is 0 Å². The van der Waals surface area contributed by atoms with E-state index in [0.717, 1.165) is 45.3 Å². The summed E-state index contributed by atoms with van der Waals surface area (Å²) in [5.74, 6) is 0.117. The predicted octanol–water partition coefficient (Wildman–Crippen LogP) is 2.22. The normalized spacial score (nSPS) is 26.7. The summed E-state index contributed by atoms with van der Waals surface area (Å²) in [5, 5.41) is 3.17. The third-order valence-corrected chi connectivity index (χ3v) is 4.46. The predicted molar refractivity (Wildman–Crippen MR) is 77.9 cm³/mol. The largest absolute Gasteiger partial charge is 0.381 e. The van der Waals surface area contributed by atoms with E-state index in [9.17, 15) is 4.79 Å². The van der Waals surface area contributed by atoms with Crippen LogP contribution in [0, 0.1) is 5.92 Å². The Balaban J connectivity index is 2.23. The number of carbonyl (C=O) groups is 1. The molecule has 0 aromatic heterocycles. The van der Waals surface area contributed by atoms with E-state index in [-0.39, 0.29) is 5.91 Å². The molecule has 0 heterocycles. The lowest BCUT2D eigenvalue weighted by Crippen LogP contribution is -2.56. The van der Waals surface area contributed by atoms with Crippen molar-refractivity contribution in [3.05, 3.63) is 0 Å². The first-order valence-corrected chi connectivity index (χ1v) is 7.74. The Bertz CT molecular complexity index is 271. The van der Waals surface area contributed by atoms with Gasteiger partial charge in [0, 0.05) is 13.2 Å². The molecule has 2 atom stereocenters. The van der Waals surface area contributed by atoms with E-state index in [4.69, 9.17) is 10.5 Å². The number of ether oxygens (including phenoxy) is 1. The second-order valence-corrected chi connectivity index (χ2v) is 5.64. The molecule has 1 aliphatic carbocycles. The van der Waals surface area contributed by atoms with Crippen molar-refractivity contribution in [2.24, 2.45) is 11.7 Å². The molecule has 1 fully saturated rings. The molecule has 0 aliphatic heterocycles. The molecule has 1 aliphatic rings. The summed E-state index contributed by atoms with van der Waals surface area (Å²) in [6.07, 6.45) is 8.88. The minimum absolute atomic E-state index is 0.208. The van der Waals surface area contributed by atoms with Gasteiger partial charge in [0.15, 0.2) is 0 Å². The van der Waals surface area contributed by atoms with Crippen LogP contribution in [0.1, 0.15) is 58.3 Å². The average Bonchev–Trinajstić information content (AvgIpc) is 2.82. The van der Waals surface area contributed by atoms with Gasteiger partial charge in [-0.25, -0.2) is 0 Å². The summed E-state index contributed by atoms with van der Waals surface area (Å²) >= 11 is 0. The first kappa shape index (κ1) is 16.4. The Morgan fingerprint density at radius 1 is 1.37 bits per heavy atom. The standard InChI is InChI=1S/C15H30N2O2/c1-3-4-5-6-11-19-12-9-13-8-7-10-15(13,17-2)14(16)18/h13,17H,3-12H2,1-2H3,(H2,16,18). The van der Waals surface area contributed by atoms with Gasteiger partial charge in [-0.05, 0) is 38.6 Å². The van der Waals surface area contributed by atoms with Crippen molar-refractivity contribution in [1.29, 1.82) is 0 Å². The second-order valence-electron chi connectivity index (χ2n) is 5.64. The van der Waals surface area contributed by atoms with Gasteiger partial charge in [-0.3, -0.25) is 4.79 Å². The van der Waals surface area contributed by atoms with Crippen molar-refractivity contribution in [3.63, 3.8) is 0 Å². The van der Waals surface area contributed by atoms with Crippen LogP contribution in [0.2, 0.25) is 0 Å². The van der Waals surface area contributed by atoms with Crippen molar-refractivity contribution in [3.8, 4) is 0 Å². The van der Waals surface area contributed by atoms with Gasteiger partial charge < -0.3 is 15.8 Å². The number of likely N-dealkylation sites (N-methyl/N-ethyl adjacent to an activating group) is 1. The number of hydrogen-bond donors (Lipinski definition) is 2. The maximum atomic E-state index is 11.7. The SMILES string of the molecule is CCCCCCOCCC1CCCC1(NC)C(N)=O. The second kappa shape index (κ2) is 8.54. The van der Waals surface area contributed by atoms with Crippen molar-refractivity contribution >= 4 is 5.91 Å².